The molecule has 0 radical (unpaired) electrons. The third kappa shape index (κ3) is 5.78. The Morgan fingerprint density at radius 2 is 1.57 bits per heavy atom. The number of aromatic nitrogens is 4. The van der Waals surface area contributed by atoms with Crippen LogP contribution in [-0.4, -0.2) is 47.6 Å². The van der Waals surface area contributed by atoms with Gasteiger partial charge in [-0.3, -0.25) is 0 Å². The zero-order chi connectivity index (χ0) is 30.8. The molecule has 5 aromatic rings. The largest absolute Gasteiger partial charge is 0.493 e. The lowest BCUT2D eigenvalue weighted by Gasteiger charge is -2.15. The van der Waals surface area contributed by atoms with Crippen molar-refractivity contribution >= 4 is 28.6 Å². The summed E-state index contributed by atoms with van der Waals surface area (Å²) in [5, 5.41) is 6.52. The summed E-state index contributed by atoms with van der Waals surface area (Å²) in [7, 11) is 4.55. The average molecular weight is 609 g/mol. The van der Waals surface area contributed by atoms with E-state index in [2.05, 4.69) is 15.6 Å². The van der Waals surface area contributed by atoms with Crippen LogP contribution in [-0.2, 0) is 19.3 Å². The number of nitrogens with one attached hydrogen (secondary N) is 2. The van der Waals surface area contributed by atoms with Crippen LogP contribution in [0.2, 0.25) is 0 Å². The first-order valence-electron chi connectivity index (χ1n) is 13.3. The van der Waals surface area contributed by atoms with Crippen LogP contribution in [0.5, 0.6) is 28.7 Å². The van der Waals surface area contributed by atoms with Crippen molar-refractivity contribution in [3.05, 3.63) is 77.6 Å². The fourth-order valence-corrected chi connectivity index (χ4v) is 4.74. The number of nitrogens with zero attached hydrogens (tertiary/aromatic N) is 4. The maximum absolute atomic E-state index is 13.1. The summed E-state index contributed by atoms with van der Waals surface area (Å²) in [6.45, 7) is 0.778. The maximum Gasteiger partial charge on any atom is 0.416 e. The van der Waals surface area contributed by atoms with Gasteiger partial charge in [-0.15, -0.1) is 0 Å². The van der Waals surface area contributed by atoms with Crippen molar-refractivity contribution in [2.45, 2.75) is 19.3 Å². The SMILES string of the molecule is COc1cc(Nc2nc(NCc3ccc4c(c3)OCO4)nc3c2ncn3Cc2ccc(C(F)(F)F)cc2)cc(OC)c1OC. The van der Waals surface area contributed by atoms with Gasteiger partial charge < -0.3 is 38.9 Å². The molecule has 11 nitrogen and oxygen atoms in total. The molecule has 14 heteroatoms. The van der Waals surface area contributed by atoms with E-state index in [0.717, 1.165) is 17.7 Å². The summed E-state index contributed by atoms with van der Waals surface area (Å²) in [5.41, 5.74) is 2.33. The number of fused-ring (bicyclic) bond motifs is 2. The summed E-state index contributed by atoms with van der Waals surface area (Å²) in [6, 6.07) is 14.1. The first-order valence-corrected chi connectivity index (χ1v) is 13.3. The monoisotopic (exact) mass is 608 g/mol. The predicted molar refractivity (Wildman–Crippen MR) is 155 cm³/mol. The van der Waals surface area contributed by atoms with Gasteiger partial charge in [0, 0.05) is 24.4 Å². The lowest BCUT2D eigenvalue weighted by Crippen LogP contribution is -2.08. The molecule has 0 unspecified atom stereocenters. The standard InChI is InChI=1S/C30H27F3N6O5/c1-40-23-11-20(12-24(41-2)26(23)42-3)36-27-25-28(39(15-35-25)14-17-4-7-19(8-5-17)30(31,32)33)38-29(37-27)34-13-18-6-9-21-22(10-18)44-16-43-21/h4-12,15H,13-14,16H2,1-3H3,(H2,34,36,37,38). The van der Waals surface area contributed by atoms with E-state index < -0.39 is 11.7 Å². The molecule has 0 amide bonds. The maximum atomic E-state index is 13.1. The highest BCUT2D eigenvalue weighted by Gasteiger charge is 2.30. The Hall–Kier alpha value is -5.40. The number of ether oxygens (including phenoxy) is 5. The van der Waals surface area contributed by atoms with Crippen molar-refractivity contribution in [3.8, 4) is 28.7 Å². The Morgan fingerprint density at radius 3 is 2.25 bits per heavy atom. The molecule has 6 rings (SSSR count). The summed E-state index contributed by atoms with van der Waals surface area (Å²) in [4.78, 5) is 13.9. The fourth-order valence-electron chi connectivity index (χ4n) is 4.74. The van der Waals surface area contributed by atoms with E-state index in [-0.39, 0.29) is 13.3 Å². The Bertz CT molecular complexity index is 1790. The van der Waals surface area contributed by atoms with Crippen molar-refractivity contribution < 1.29 is 36.9 Å². The van der Waals surface area contributed by atoms with Gasteiger partial charge in [0.15, 0.2) is 40.0 Å². The van der Waals surface area contributed by atoms with Crippen molar-refractivity contribution in [3.63, 3.8) is 0 Å². The molecule has 0 bridgehead atoms. The molecular weight excluding hydrogens is 581 g/mol. The van der Waals surface area contributed by atoms with Gasteiger partial charge in [0.25, 0.3) is 0 Å². The number of benzene rings is 3. The minimum Gasteiger partial charge on any atom is -0.493 e. The smallest absolute Gasteiger partial charge is 0.416 e. The normalized spacial score (nSPS) is 12.3. The molecule has 44 heavy (non-hydrogen) atoms. The number of alkyl halides is 3. The first-order chi connectivity index (χ1) is 21.2. The van der Waals surface area contributed by atoms with Gasteiger partial charge in [-0.1, -0.05) is 18.2 Å². The van der Waals surface area contributed by atoms with Crippen molar-refractivity contribution in [1.82, 2.24) is 19.5 Å². The van der Waals surface area contributed by atoms with Crippen LogP contribution < -0.4 is 34.3 Å². The van der Waals surface area contributed by atoms with Crippen LogP contribution in [0.1, 0.15) is 16.7 Å². The Morgan fingerprint density at radius 1 is 0.864 bits per heavy atom. The predicted octanol–water partition coefficient (Wildman–Crippen LogP) is 6.00. The van der Waals surface area contributed by atoms with E-state index in [1.807, 2.05) is 18.2 Å². The molecule has 2 aromatic heterocycles. The minimum atomic E-state index is -4.42. The molecule has 3 heterocycles. The Kier molecular flexibility index (Phi) is 7.64. The minimum absolute atomic E-state index is 0.172. The van der Waals surface area contributed by atoms with Crippen LogP contribution in [0.4, 0.5) is 30.6 Å². The zero-order valence-electron chi connectivity index (χ0n) is 23.9. The highest BCUT2D eigenvalue weighted by atomic mass is 19.4. The van der Waals surface area contributed by atoms with Crippen molar-refractivity contribution in [2.75, 3.05) is 38.8 Å². The summed E-state index contributed by atoms with van der Waals surface area (Å²) >= 11 is 0. The molecule has 0 aliphatic carbocycles. The molecule has 2 N–H and O–H groups in total. The third-order valence-corrected chi connectivity index (χ3v) is 6.91. The van der Waals surface area contributed by atoms with Crippen LogP contribution in [0.25, 0.3) is 11.2 Å². The van der Waals surface area contributed by atoms with Gasteiger partial charge in [-0.2, -0.15) is 23.1 Å². The summed E-state index contributed by atoms with van der Waals surface area (Å²) in [6.07, 6.45) is -2.85. The molecule has 1 aliphatic heterocycles. The molecule has 0 atom stereocenters. The Balaban J connectivity index is 1.36. The zero-order valence-corrected chi connectivity index (χ0v) is 23.9. The van der Waals surface area contributed by atoms with Gasteiger partial charge in [0.1, 0.15) is 0 Å². The third-order valence-electron chi connectivity index (χ3n) is 6.91. The van der Waals surface area contributed by atoms with E-state index in [1.54, 1.807) is 23.0 Å². The summed E-state index contributed by atoms with van der Waals surface area (Å²) in [5.74, 6) is 3.31. The topological polar surface area (TPSA) is 114 Å². The molecule has 1 aliphatic rings. The van der Waals surface area contributed by atoms with Crippen LogP contribution in [0.15, 0.2) is 60.9 Å². The number of rotatable bonds is 10. The number of imidazole rings is 1. The molecule has 0 saturated carbocycles. The van der Waals surface area contributed by atoms with E-state index in [0.29, 0.717) is 69.5 Å². The van der Waals surface area contributed by atoms with Crippen LogP contribution in [0, 0.1) is 0 Å². The fraction of sp³-hybridized carbons (Fsp3) is 0.233. The van der Waals surface area contributed by atoms with Gasteiger partial charge >= 0.3 is 6.18 Å². The second-order valence-corrected chi connectivity index (χ2v) is 9.72. The molecule has 228 valence electrons. The first kappa shape index (κ1) is 28.7. The van der Waals surface area contributed by atoms with E-state index in [1.165, 1.54) is 33.5 Å². The number of hydrogen-bond acceptors (Lipinski definition) is 10. The highest BCUT2D eigenvalue weighted by molar-refractivity contribution is 5.87. The summed E-state index contributed by atoms with van der Waals surface area (Å²) < 4.78 is 68.3. The molecule has 3 aromatic carbocycles. The van der Waals surface area contributed by atoms with Crippen molar-refractivity contribution in [2.24, 2.45) is 0 Å². The van der Waals surface area contributed by atoms with E-state index in [4.69, 9.17) is 33.7 Å². The highest BCUT2D eigenvalue weighted by Crippen LogP contribution is 2.41. The quantitative estimate of drug-likeness (QED) is 0.196. The lowest BCUT2D eigenvalue weighted by atomic mass is 10.1. The second kappa shape index (κ2) is 11.7. The van der Waals surface area contributed by atoms with Gasteiger partial charge in [0.2, 0.25) is 18.5 Å². The lowest BCUT2D eigenvalue weighted by molar-refractivity contribution is -0.137. The van der Waals surface area contributed by atoms with Gasteiger partial charge in [-0.05, 0) is 35.4 Å². The van der Waals surface area contributed by atoms with Crippen LogP contribution in [0.3, 0.4) is 0 Å². The molecular formula is C30H27F3N6O5. The van der Waals surface area contributed by atoms with Gasteiger partial charge in [0.05, 0.1) is 39.8 Å². The molecule has 0 saturated heterocycles. The van der Waals surface area contributed by atoms with Crippen LogP contribution >= 0.6 is 0 Å². The van der Waals surface area contributed by atoms with E-state index in [9.17, 15) is 13.2 Å². The van der Waals surface area contributed by atoms with Crippen molar-refractivity contribution in [1.29, 1.82) is 0 Å². The average Bonchev–Trinajstić information content (AvgIpc) is 3.66. The number of halogens is 3. The molecule has 0 fully saturated rings. The number of anilines is 3. The number of hydrogen-bond donors (Lipinski definition) is 2. The second-order valence-electron chi connectivity index (χ2n) is 9.72. The Labute approximate surface area is 249 Å². The molecule has 0 spiro atoms. The van der Waals surface area contributed by atoms with E-state index >= 15 is 0 Å². The number of methoxy groups -OCH3 is 3. The van der Waals surface area contributed by atoms with Gasteiger partial charge in [-0.25, -0.2) is 4.98 Å².